The van der Waals surface area contributed by atoms with E-state index in [0.29, 0.717) is 24.8 Å². The van der Waals surface area contributed by atoms with Gasteiger partial charge in [0, 0.05) is 19.2 Å². The molecule has 0 fully saturated rings. The van der Waals surface area contributed by atoms with Crippen LogP contribution >= 0.6 is 0 Å². The summed E-state index contributed by atoms with van der Waals surface area (Å²) in [5.41, 5.74) is 0.607. The summed E-state index contributed by atoms with van der Waals surface area (Å²) >= 11 is 0. The Morgan fingerprint density at radius 2 is 1.83 bits per heavy atom. The van der Waals surface area contributed by atoms with Crippen molar-refractivity contribution in [1.82, 2.24) is 4.90 Å². The van der Waals surface area contributed by atoms with Gasteiger partial charge in [-0.15, -0.1) is 0 Å². The third-order valence-corrected chi connectivity index (χ3v) is 4.22. The van der Waals surface area contributed by atoms with Crippen LogP contribution in [0.1, 0.15) is 52.2 Å². The summed E-state index contributed by atoms with van der Waals surface area (Å²) in [7, 11) is 0. The van der Waals surface area contributed by atoms with Crippen molar-refractivity contribution in [3.05, 3.63) is 59.4 Å². The number of benzene rings is 2. The molecule has 0 spiro atoms. The van der Waals surface area contributed by atoms with Crippen LogP contribution in [-0.4, -0.2) is 23.1 Å². The topological polar surface area (TPSA) is 62.6 Å². The quantitative estimate of drug-likeness (QED) is 0.537. The lowest BCUT2D eigenvalue weighted by atomic mass is 10.1. The van der Waals surface area contributed by atoms with Crippen LogP contribution in [-0.2, 0) is 11.3 Å². The molecule has 160 valence electrons. The number of ether oxygens (including phenoxy) is 2. The van der Waals surface area contributed by atoms with Gasteiger partial charge in [-0.05, 0) is 62.9 Å². The summed E-state index contributed by atoms with van der Waals surface area (Å²) in [5, 5.41) is 9.15. The van der Waals surface area contributed by atoms with Crippen molar-refractivity contribution < 1.29 is 18.7 Å². The average Bonchev–Trinajstić information content (AvgIpc) is 2.65. The number of halogens is 1. The monoisotopic (exact) mass is 412 g/mol. The minimum Gasteiger partial charge on any atom is -0.456 e. The highest BCUT2D eigenvalue weighted by Crippen LogP contribution is 2.26. The largest absolute Gasteiger partial charge is 0.456 e. The van der Waals surface area contributed by atoms with Gasteiger partial charge in [-0.1, -0.05) is 26.0 Å². The first-order valence-corrected chi connectivity index (χ1v) is 10.0. The van der Waals surface area contributed by atoms with Crippen LogP contribution in [0.5, 0.6) is 11.5 Å². The first kappa shape index (κ1) is 23.2. The number of rotatable bonds is 7. The van der Waals surface area contributed by atoms with Crippen LogP contribution < -0.4 is 4.74 Å². The van der Waals surface area contributed by atoms with E-state index < -0.39 is 11.4 Å². The molecular formula is C24H29FN2O3. The van der Waals surface area contributed by atoms with E-state index in [0.717, 1.165) is 12.0 Å². The zero-order valence-electron chi connectivity index (χ0n) is 18.2. The molecule has 1 amide bonds. The van der Waals surface area contributed by atoms with E-state index >= 15 is 0 Å². The van der Waals surface area contributed by atoms with Crippen LogP contribution in [0.4, 0.5) is 9.18 Å². The number of carbonyl (C=O) groups is 1. The van der Waals surface area contributed by atoms with Crippen molar-refractivity contribution in [1.29, 1.82) is 5.26 Å². The smallest absolute Gasteiger partial charge is 0.410 e. The summed E-state index contributed by atoms with van der Waals surface area (Å²) in [5.74, 6) is 0.634. The molecule has 0 aliphatic carbocycles. The normalized spacial score (nSPS) is 11.1. The van der Waals surface area contributed by atoms with Crippen molar-refractivity contribution in [2.75, 3.05) is 6.54 Å². The maximum Gasteiger partial charge on any atom is 0.410 e. The van der Waals surface area contributed by atoms with Gasteiger partial charge in [-0.25, -0.2) is 9.18 Å². The lowest BCUT2D eigenvalue weighted by molar-refractivity contribution is 0.0226. The van der Waals surface area contributed by atoms with E-state index in [1.54, 1.807) is 17.0 Å². The highest BCUT2D eigenvalue weighted by atomic mass is 19.1. The Kier molecular flexibility index (Phi) is 7.82. The molecule has 0 atom stereocenters. The third kappa shape index (κ3) is 7.40. The zero-order chi connectivity index (χ0) is 22.3. The number of hydrogen-bond acceptors (Lipinski definition) is 4. The Morgan fingerprint density at radius 1 is 1.17 bits per heavy atom. The molecule has 0 heterocycles. The van der Waals surface area contributed by atoms with Gasteiger partial charge in [0.25, 0.3) is 0 Å². The molecular weight excluding hydrogens is 383 g/mol. The van der Waals surface area contributed by atoms with Crippen molar-refractivity contribution in [2.24, 2.45) is 5.92 Å². The van der Waals surface area contributed by atoms with Gasteiger partial charge in [0.15, 0.2) is 0 Å². The fourth-order valence-electron chi connectivity index (χ4n) is 2.66. The second-order valence-corrected chi connectivity index (χ2v) is 8.58. The number of nitrogens with zero attached hydrogens (tertiary/aromatic N) is 2. The molecule has 30 heavy (non-hydrogen) atoms. The van der Waals surface area contributed by atoms with Gasteiger partial charge in [0.05, 0.1) is 5.56 Å². The fraction of sp³-hybridized carbons (Fsp3) is 0.417. The van der Waals surface area contributed by atoms with E-state index in [1.165, 1.54) is 18.2 Å². The van der Waals surface area contributed by atoms with Crippen molar-refractivity contribution in [2.45, 2.75) is 53.2 Å². The molecule has 0 radical (unpaired) electrons. The Labute approximate surface area is 178 Å². The molecule has 0 aliphatic heterocycles. The highest BCUT2D eigenvalue weighted by Gasteiger charge is 2.22. The van der Waals surface area contributed by atoms with E-state index in [4.69, 9.17) is 14.7 Å². The van der Waals surface area contributed by atoms with Gasteiger partial charge in [-0.2, -0.15) is 5.26 Å². The molecule has 2 rings (SSSR count). The van der Waals surface area contributed by atoms with Crippen molar-refractivity contribution in [3.63, 3.8) is 0 Å². The molecule has 0 N–H and O–H groups in total. The summed E-state index contributed by atoms with van der Waals surface area (Å²) in [6, 6.07) is 12.9. The summed E-state index contributed by atoms with van der Waals surface area (Å²) < 4.78 is 24.7. The summed E-state index contributed by atoms with van der Waals surface area (Å²) in [6.45, 7) is 10.8. The average molecular weight is 413 g/mol. The van der Waals surface area contributed by atoms with Gasteiger partial charge in [0.2, 0.25) is 0 Å². The maximum atomic E-state index is 13.5. The van der Waals surface area contributed by atoms with Gasteiger partial charge < -0.3 is 14.4 Å². The van der Waals surface area contributed by atoms with E-state index in [1.807, 2.05) is 39.0 Å². The van der Waals surface area contributed by atoms with Crippen LogP contribution in [0.2, 0.25) is 0 Å². The van der Waals surface area contributed by atoms with Gasteiger partial charge >= 0.3 is 6.09 Å². The zero-order valence-corrected chi connectivity index (χ0v) is 18.2. The molecule has 0 unspecified atom stereocenters. The maximum absolute atomic E-state index is 13.5. The predicted molar refractivity (Wildman–Crippen MR) is 114 cm³/mol. The standard InChI is InChI=1S/C24H29FN2O3/c1-17(2)12-13-27(23(28)30-24(3,4)5)16-18-6-10-21(11-7-18)29-22-14-20(25)9-8-19(22)15-26/h6-11,14,17H,12-13,16H2,1-5H3. The SMILES string of the molecule is CC(C)CCN(Cc1ccc(Oc2cc(F)ccc2C#N)cc1)C(=O)OC(C)(C)C. The number of hydrogen-bond donors (Lipinski definition) is 0. The molecule has 0 bridgehead atoms. The van der Waals surface area contributed by atoms with Gasteiger partial charge in [0.1, 0.15) is 29.0 Å². The minimum absolute atomic E-state index is 0.164. The van der Waals surface area contributed by atoms with Crippen LogP contribution in [0.25, 0.3) is 0 Å². The lowest BCUT2D eigenvalue weighted by Crippen LogP contribution is -2.37. The molecule has 2 aromatic carbocycles. The van der Waals surface area contributed by atoms with E-state index in [-0.39, 0.29) is 17.4 Å². The molecule has 2 aromatic rings. The highest BCUT2D eigenvalue weighted by molar-refractivity contribution is 5.68. The first-order valence-electron chi connectivity index (χ1n) is 10.0. The minimum atomic E-state index is -0.561. The molecule has 0 aromatic heterocycles. The van der Waals surface area contributed by atoms with Crippen molar-refractivity contribution >= 4 is 6.09 Å². The van der Waals surface area contributed by atoms with Gasteiger partial charge in [-0.3, -0.25) is 0 Å². The summed E-state index contributed by atoms with van der Waals surface area (Å²) in [4.78, 5) is 14.3. The molecule has 0 aliphatic rings. The van der Waals surface area contributed by atoms with E-state index in [9.17, 15) is 9.18 Å². The fourth-order valence-corrected chi connectivity index (χ4v) is 2.66. The van der Waals surface area contributed by atoms with Crippen LogP contribution in [0, 0.1) is 23.1 Å². The Hall–Kier alpha value is -3.07. The Bertz CT molecular complexity index is 896. The summed E-state index contributed by atoms with van der Waals surface area (Å²) in [6.07, 6.45) is 0.527. The third-order valence-electron chi connectivity index (χ3n) is 4.22. The number of amides is 1. The second-order valence-electron chi connectivity index (χ2n) is 8.58. The molecule has 0 saturated carbocycles. The molecule has 0 saturated heterocycles. The molecule has 5 nitrogen and oxygen atoms in total. The number of carbonyl (C=O) groups excluding carboxylic acids is 1. The number of nitriles is 1. The lowest BCUT2D eigenvalue weighted by Gasteiger charge is -2.28. The Balaban J connectivity index is 2.12. The first-order chi connectivity index (χ1) is 14.1. The Morgan fingerprint density at radius 3 is 2.40 bits per heavy atom. The van der Waals surface area contributed by atoms with Crippen molar-refractivity contribution in [3.8, 4) is 17.6 Å². The van der Waals surface area contributed by atoms with Crippen LogP contribution in [0.15, 0.2) is 42.5 Å². The van der Waals surface area contributed by atoms with E-state index in [2.05, 4.69) is 13.8 Å². The van der Waals surface area contributed by atoms with Crippen LogP contribution in [0.3, 0.4) is 0 Å². The predicted octanol–water partition coefficient (Wildman–Crippen LogP) is 6.27. The molecule has 6 heteroatoms. The second kappa shape index (κ2) is 10.1.